The minimum absolute atomic E-state index is 0.0667. The fourth-order valence-corrected chi connectivity index (χ4v) is 2.59. The molecule has 4 nitrogen and oxygen atoms in total. The third-order valence-corrected chi connectivity index (χ3v) is 4.24. The van der Waals surface area contributed by atoms with Gasteiger partial charge in [-0.3, -0.25) is 0 Å². The van der Waals surface area contributed by atoms with Gasteiger partial charge in [0.05, 0.1) is 16.6 Å². The number of imidazole rings is 1. The van der Waals surface area contributed by atoms with Crippen molar-refractivity contribution in [3.63, 3.8) is 0 Å². The van der Waals surface area contributed by atoms with Crippen molar-refractivity contribution in [1.82, 2.24) is 9.55 Å². The van der Waals surface area contributed by atoms with Crippen molar-refractivity contribution in [2.24, 2.45) is 12.8 Å². The maximum absolute atomic E-state index is 6.39. The Kier molecular flexibility index (Phi) is 4.45. The van der Waals surface area contributed by atoms with Crippen molar-refractivity contribution in [3.05, 3.63) is 30.1 Å². The van der Waals surface area contributed by atoms with Crippen molar-refractivity contribution in [3.8, 4) is 0 Å². The summed E-state index contributed by atoms with van der Waals surface area (Å²) in [7, 11) is 2.04. The number of para-hydroxylation sites is 2. The summed E-state index contributed by atoms with van der Waals surface area (Å²) in [6.07, 6.45) is 1.61. The van der Waals surface area contributed by atoms with Gasteiger partial charge in [0.1, 0.15) is 5.82 Å². The number of rotatable bonds is 6. The first-order valence-electron chi connectivity index (χ1n) is 7.31. The Labute approximate surface area is 120 Å². The van der Waals surface area contributed by atoms with E-state index in [1.54, 1.807) is 0 Å². The molecule has 1 aromatic heterocycles. The van der Waals surface area contributed by atoms with Crippen LogP contribution in [0, 0.1) is 0 Å². The van der Waals surface area contributed by atoms with Gasteiger partial charge in [-0.25, -0.2) is 4.98 Å². The summed E-state index contributed by atoms with van der Waals surface area (Å²) in [5.41, 5.74) is 8.26. The highest BCUT2D eigenvalue weighted by Crippen LogP contribution is 2.23. The predicted molar refractivity (Wildman–Crippen MR) is 82.7 cm³/mol. The predicted octanol–water partition coefficient (Wildman–Crippen LogP) is 2.65. The zero-order valence-electron chi connectivity index (χ0n) is 12.9. The maximum atomic E-state index is 6.39. The highest BCUT2D eigenvalue weighted by Gasteiger charge is 2.31. The normalized spacial score (nSPS) is 16.2. The average Bonchev–Trinajstić information content (AvgIpc) is 2.76. The lowest BCUT2D eigenvalue weighted by Gasteiger charge is -2.34. The van der Waals surface area contributed by atoms with Gasteiger partial charge in [0.25, 0.3) is 0 Å². The van der Waals surface area contributed by atoms with Crippen LogP contribution in [0.2, 0.25) is 0 Å². The van der Waals surface area contributed by atoms with Gasteiger partial charge in [0.15, 0.2) is 0 Å². The van der Waals surface area contributed by atoms with Gasteiger partial charge in [-0.2, -0.15) is 0 Å². The molecule has 0 fully saturated rings. The number of fused-ring (bicyclic) bond motifs is 1. The average molecular weight is 275 g/mol. The van der Waals surface area contributed by atoms with Crippen LogP contribution in [-0.4, -0.2) is 27.8 Å². The number of nitrogens with zero attached hydrogens (tertiary/aromatic N) is 2. The van der Waals surface area contributed by atoms with Crippen LogP contribution in [0.15, 0.2) is 24.3 Å². The van der Waals surface area contributed by atoms with Crippen molar-refractivity contribution in [1.29, 1.82) is 0 Å². The highest BCUT2D eigenvalue weighted by molar-refractivity contribution is 5.75. The van der Waals surface area contributed by atoms with E-state index in [4.69, 9.17) is 10.5 Å². The number of hydrogen-bond donors (Lipinski definition) is 1. The van der Waals surface area contributed by atoms with E-state index in [2.05, 4.69) is 29.5 Å². The third-order valence-electron chi connectivity index (χ3n) is 4.24. The van der Waals surface area contributed by atoms with E-state index in [9.17, 15) is 0 Å². The zero-order chi connectivity index (χ0) is 14.8. The van der Waals surface area contributed by atoms with Crippen LogP contribution in [0.25, 0.3) is 11.0 Å². The molecular formula is C16H25N3O. The Hall–Kier alpha value is -1.39. The van der Waals surface area contributed by atoms with E-state index in [1.165, 1.54) is 0 Å². The Morgan fingerprint density at radius 2 is 2.05 bits per heavy atom. The van der Waals surface area contributed by atoms with E-state index in [0.29, 0.717) is 6.61 Å². The van der Waals surface area contributed by atoms with Crippen LogP contribution in [0.4, 0.5) is 0 Å². The molecule has 0 saturated carbocycles. The first-order chi connectivity index (χ1) is 9.51. The van der Waals surface area contributed by atoms with Crippen LogP contribution >= 0.6 is 0 Å². The van der Waals surface area contributed by atoms with Gasteiger partial charge in [-0.05, 0) is 32.4 Å². The largest absolute Gasteiger partial charge is 0.374 e. The van der Waals surface area contributed by atoms with Crippen LogP contribution in [0.1, 0.15) is 33.0 Å². The van der Waals surface area contributed by atoms with E-state index in [1.807, 2.05) is 32.2 Å². The lowest BCUT2D eigenvalue weighted by atomic mass is 9.91. The van der Waals surface area contributed by atoms with Crippen molar-refractivity contribution >= 4 is 11.0 Å². The van der Waals surface area contributed by atoms with E-state index in [-0.39, 0.29) is 11.6 Å². The highest BCUT2D eigenvalue weighted by atomic mass is 16.5. The van der Waals surface area contributed by atoms with Crippen LogP contribution in [0.3, 0.4) is 0 Å². The molecule has 2 atom stereocenters. The molecule has 0 aliphatic heterocycles. The summed E-state index contributed by atoms with van der Waals surface area (Å²) in [5, 5.41) is 0. The molecule has 0 amide bonds. The van der Waals surface area contributed by atoms with Crippen molar-refractivity contribution in [2.75, 3.05) is 6.61 Å². The zero-order valence-corrected chi connectivity index (χ0v) is 12.9. The number of nitrogens with two attached hydrogens (primary N) is 1. The number of ether oxygens (including phenoxy) is 1. The molecule has 2 rings (SSSR count). The molecule has 1 aromatic carbocycles. The molecular weight excluding hydrogens is 250 g/mol. The molecule has 0 aliphatic rings. The second-order valence-electron chi connectivity index (χ2n) is 5.49. The first kappa shape index (κ1) is 15.0. The van der Waals surface area contributed by atoms with Gasteiger partial charge in [-0.15, -0.1) is 0 Å². The summed E-state index contributed by atoms with van der Waals surface area (Å²) in [6, 6.07) is 8.09. The molecule has 4 heteroatoms. The molecule has 0 radical (unpaired) electrons. The maximum Gasteiger partial charge on any atom is 0.111 e. The fraction of sp³-hybridized carbons (Fsp3) is 0.562. The number of aromatic nitrogens is 2. The lowest BCUT2D eigenvalue weighted by Crippen LogP contribution is -2.49. The SMILES string of the molecule is CCOC(C)(CC)C(N)Cc1nc2ccccc2n1C. The standard InChI is InChI=1S/C16H25N3O/c1-5-16(3,20-6-2)14(17)11-15-18-12-9-7-8-10-13(12)19(15)4/h7-10,14H,5-6,11,17H2,1-4H3. The fourth-order valence-electron chi connectivity index (χ4n) is 2.59. The molecule has 0 spiro atoms. The lowest BCUT2D eigenvalue weighted by molar-refractivity contribution is -0.0465. The molecule has 1 heterocycles. The summed E-state index contributed by atoms with van der Waals surface area (Å²) in [6.45, 7) is 6.89. The summed E-state index contributed by atoms with van der Waals surface area (Å²) in [5.74, 6) is 1.01. The van der Waals surface area contributed by atoms with Gasteiger partial charge < -0.3 is 15.0 Å². The molecule has 2 N–H and O–H groups in total. The minimum atomic E-state index is -0.299. The second kappa shape index (κ2) is 5.94. The quantitative estimate of drug-likeness (QED) is 0.881. The van der Waals surface area contributed by atoms with E-state index in [0.717, 1.165) is 29.7 Å². The topological polar surface area (TPSA) is 53.1 Å². The summed E-state index contributed by atoms with van der Waals surface area (Å²) in [4.78, 5) is 4.69. The van der Waals surface area contributed by atoms with Gasteiger partial charge in [-0.1, -0.05) is 19.1 Å². The van der Waals surface area contributed by atoms with Crippen LogP contribution < -0.4 is 5.73 Å². The van der Waals surface area contributed by atoms with Gasteiger partial charge in [0, 0.05) is 26.1 Å². The molecule has 2 unspecified atom stereocenters. The van der Waals surface area contributed by atoms with Crippen LogP contribution in [0.5, 0.6) is 0 Å². The molecule has 20 heavy (non-hydrogen) atoms. The molecule has 0 saturated heterocycles. The van der Waals surface area contributed by atoms with Crippen molar-refractivity contribution < 1.29 is 4.74 Å². The summed E-state index contributed by atoms with van der Waals surface area (Å²) < 4.78 is 7.99. The Bertz CT molecular complexity index is 578. The van der Waals surface area contributed by atoms with Gasteiger partial charge in [0.2, 0.25) is 0 Å². The van der Waals surface area contributed by atoms with Gasteiger partial charge >= 0.3 is 0 Å². The second-order valence-corrected chi connectivity index (χ2v) is 5.49. The smallest absolute Gasteiger partial charge is 0.111 e. The van der Waals surface area contributed by atoms with E-state index < -0.39 is 0 Å². The number of aryl methyl sites for hydroxylation is 1. The number of benzene rings is 1. The Morgan fingerprint density at radius 3 is 2.65 bits per heavy atom. The van der Waals surface area contributed by atoms with Crippen molar-refractivity contribution in [2.45, 2.75) is 45.3 Å². The first-order valence-corrected chi connectivity index (χ1v) is 7.31. The minimum Gasteiger partial charge on any atom is -0.374 e. The third kappa shape index (κ3) is 2.72. The summed E-state index contributed by atoms with van der Waals surface area (Å²) >= 11 is 0. The Balaban J connectivity index is 2.25. The molecule has 2 aromatic rings. The number of hydrogen-bond acceptors (Lipinski definition) is 3. The Morgan fingerprint density at radius 1 is 1.35 bits per heavy atom. The van der Waals surface area contributed by atoms with E-state index >= 15 is 0 Å². The molecule has 110 valence electrons. The molecule has 0 aliphatic carbocycles. The van der Waals surface area contributed by atoms with Crippen LogP contribution in [-0.2, 0) is 18.2 Å². The molecule has 0 bridgehead atoms. The monoisotopic (exact) mass is 275 g/mol.